The number of hydrogen-bond donors (Lipinski definition) is 2. The molecule has 2 atom stereocenters. The molecule has 4 rings (SSSR count). The summed E-state index contributed by atoms with van der Waals surface area (Å²) < 4.78 is 7.72. The van der Waals surface area contributed by atoms with Gasteiger partial charge in [0.15, 0.2) is 0 Å². The van der Waals surface area contributed by atoms with Crippen molar-refractivity contribution in [1.82, 2.24) is 30.8 Å². The van der Waals surface area contributed by atoms with Crippen LogP contribution < -0.4 is 15.4 Å². The highest BCUT2D eigenvalue weighted by Crippen LogP contribution is 2.26. The standard InChI is InChI=1S/C22H28N6O/c1-16(2)29-21-11-10-19(28-15-25-26-27-28)13-18(21)14-24-20-9-6-12-23-22(20)17-7-4-3-5-8-17/h3-5,7-8,10-11,13,15-16,20,22-24H,6,9,12,14H2,1-2H3/t20-,22-/m0/s1. The van der Waals surface area contributed by atoms with Crippen LogP contribution in [-0.4, -0.2) is 38.9 Å². The monoisotopic (exact) mass is 392 g/mol. The van der Waals surface area contributed by atoms with Gasteiger partial charge in [0, 0.05) is 24.2 Å². The van der Waals surface area contributed by atoms with Gasteiger partial charge in [-0.05, 0) is 67.4 Å². The van der Waals surface area contributed by atoms with Crippen LogP contribution in [0.25, 0.3) is 5.69 Å². The SMILES string of the molecule is CC(C)Oc1ccc(-n2cnnn2)cc1CN[C@H]1CCCN[C@H]1c1ccccc1. The fourth-order valence-corrected chi connectivity index (χ4v) is 3.85. The largest absolute Gasteiger partial charge is 0.491 e. The highest BCUT2D eigenvalue weighted by molar-refractivity contribution is 5.44. The number of rotatable bonds is 7. The van der Waals surface area contributed by atoms with Gasteiger partial charge >= 0.3 is 0 Å². The van der Waals surface area contributed by atoms with Crippen molar-refractivity contribution in [2.24, 2.45) is 0 Å². The highest BCUT2D eigenvalue weighted by atomic mass is 16.5. The number of ether oxygens (including phenoxy) is 1. The summed E-state index contributed by atoms with van der Waals surface area (Å²) in [6, 6.07) is 17.4. The summed E-state index contributed by atoms with van der Waals surface area (Å²) in [6.45, 7) is 5.85. The van der Waals surface area contributed by atoms with Crippen LogP contribution in [0.3, 0.4) is 0 Å². The lowest BCUT2D eigenvalue weighted by molar-refractivity contribution is 0.238. The maximum absolute atomic E-state index is 6.05. The molecule has 152 valence electrons. The van der Waals surface area contributed by atoms with Crippen molar-refractivity contribution in [2.45, 2.75) is 51.4 Å². The Kier molecular flexibility index (Phi) is 6.17. The molecule has 7 heteroatoms. The van der Waals surface area contributed by atoms with E-state index in [2.05, 4.69) is 62.6 Å². The lowest BCUT2D eigenvalue weighted by atomic mass is 9.92. The fraction of sp³-hybridized carbons (Fsp3) is 0.409. The molecule has 2 N–H and O–H groups in total. The van der Waals surface area contributed by atoms with E-state index in [4.69, 9.17) is 4.74 Å². The van der Waals surface area contributed by atoms with Gasteiger partial charge in [-0.15, -0.1) is 5.10 Å². The number of tetrazole rings is 1. The molecule has 1 aromatic heterocycles. The predicted molar refractivity (Wildman–Crippen MR) is 112 cm³/mol. The van der Waals surface area contributed by atoms with Crippen LogP contribution in [0, 0.1) is 0 Å². The molecule has 7 nitrogen and oxygen atoms in total. The summed E-state index contributed by atoms with van der Waals surface area (Å²) >= 11 is 0. The van der Waals surface area contributed by atoms with Crippen LogP contribution in [0.1, 0.15) is 43.9 Å². The Balaban J connectivity index is 1.54. The molecular formula is C22H28N6O. The van der Waals surface area contributed by atoms with Crippen LogP contribution in [0.4, 0.5) is 0 Å². The van der Waals surface area contributed by atoms with Crippen molar-refractivity contribution < 1.29 is 4.74 Å². The van der Waals surface area contributed by atoms with Gasteiger partial charge in [-0.3, -0.25) is 0 Å². The smallest absolute Gasteiger partial charge is 0.143 e. The van der Waals surface area contributed by atoms with Crippen LogP contribution in [-0.2, 0) is 6.54 Å². The van der Waals surface area contributed by atoms with E-state index >= 15 is 0 Å². The molecule has 29 heavy (non-hydrogen) atoms. The fourth-order valence-electron chi connectivity index (χ4n) is 3.85. The van der Waals surface area contributed by atoms with Crippen molar-refractivity contribution in [3.63, 3.8) is 0 Å². The highest BCUT2D eigenvalue weighted by Gasteiger charge is 2.26. The average molecular weight is 393 g/mol. The van der Waals surface area contributed by atoms with E-state index in [9.17, 15) is 0 Å². The van der Waals surface area contributed by atoms with E-state index in [1.807, 2.05) is 26.0 Å². The van der Waals surface area contributed by atoms with Gasteiger partial charge < -0.3 is 15.4 Å². The lowest BCUT2D eigenvalue weighted by Crippen LogP contribution is -2.45. The molecule has 1 saturated heterocycles. The van der Waals surface area contributed by atoms with E-state index in [1.165, 1.54) is 12.0 Å². The molecule has 0 bridgehead atoms. The van der Waals surface area contributed by atoms with E-state index in [0.29, 0.717) is 18.6 Å². The number of hydrogen-bond acceptors (Lipinski definition) is 6. The summed E-state index contributed by atoms with van der Waals surface area (Å²) in [5, 5.41) is 18.9. The van der Waals surface area contributed by atoms with E-state index < -0.39 is 0 Å². The molecule has 1 fully saturated rings. The van der Waals surface area contributed by atoms with Crippen LogP contribution in [0.5, 0.6) is 5.75 Å². The van der Waals surface area contributed by atoms with Crippen LogP contribution >= 0.6 is 0 Å². The quantitative estimate of drug-likeness (QED) is 0.644. The normalized spacial score (nSPS) is 19.4. The first kappa shape index (κ1) is 19.5. The van der Waals surface area contributed by atoms with Crippen molar-refractivity contribution in [2.75, 3.05) is 6.54 Å². The van der Waals surface area contributed by atoms with Crippen LogP contribution in [0.15, 0.2) is 54.9 Å². The second-order valence-electron chi connectivity index (χ2n) is 7.69. The minimum atomic E-state index is 0.112. The van der Waals surface area contributed by atoms with Gasteiger partial charge in [0.2, 0.25) is 0 Å². The molecule has 0 amide bonds. The first-order valence-corrected chi connectivity index (χ1v) is 10.3. The minimum absolute atomic E-state index is 0.112. The molecule has 1 aliphatic heterocycles. The maximum Gasteiger partial charge on any atom is 0.143 e. The van der Waals surface area contributed by atoms with Gasteiger partial charge in [0.25, 0.3) is 0 Å². The lowest BCUT2D eigenvalue weighted by Gasteiger charge is -2.34. The third kappa shape index (κ3) is 4.81. The number of piperidine rings is 1. The third-order valence-electron chi connectivity index (χ3n) is 5.19. The number of nitrogens with zero attached hydrogens (tertiary/aromatic N) is 4. The molecule has 0 spiro atoms. The Hall–Kier alpha value is -2.77. The Morgan fingerprint density at radius 1 is 1.21 bits per heavy atom. The summed E-state index contributed by atoms with van der Waals surface area (Å²) in [4.78, 5) is 0. The summed E-state index contributed by atoms with van der Waals surface area (Å²) in [6.07, 6.45) is 4.02. The Morgan fingerprint density at radius 2 is 2.07 bits per heavy atom. The molecule has 3 aromatic rings. The van der Waals surface area contributed by atoms with Crippen LogP contribution in [0.2, 0.25) is 0 Å². The molecule has 0 radical (unpaired) electrons. The van der Waals surface area contributed by atoms with Gasteiger partial charge in [-0.1, -0.05) is 30.3 Å². The van der Waals surface area contributed by atoms with Crippen molar-refractivity contribution in [3.05, 3.63) is 66.0 Å². The first-order chi connectivity index (χ1) is 14.2. The van der Waals surface area contributed by atoms with Crippen molar-refractivity contribution in [1.29, 1.82) is 0 Å². The first-order valence-electron chi connectivity index (χ1n) is 10.3. The van der Waals surface area contributed by atoms with E-state index in [1.54, 1.807) is 11.0 Å². The average Bonchev–Trinajstić information content (AvgIpc) is 3.28. The molecule has 0 unspecified atom stereocenters. The van der Waals surface area contributed by atoms with Gasteiger partial charge in [0.1, 0.15) is 12.1 Å². The zero-order chi connectivity index (χ0) is 20.1. The molecule has 2 aromatic carbocycles. The Labute approximate surface area is 171 Å². The maximum atomic E-state index is 6.05. The molecular weight excluding hydrogens is 364 g/mol. The van der Waals surface area contributed by atoms with E-state index in [-0.39, 0.29) is 6.10 Å². The predicted octanol–water partition coefficient (Wildman–Crippen LogP) is 3.03. The number of benzene rings is 2. The van der Waals surface area contributed by atoms with Gasteiger partial charge in [-0.2, -0.15) is 0 Å². The zero-order valence-electron chi connectivity index (χ0n) is 17.0. The van der Waals surface area contributed by atoms with Crippen molar-refractivity contribution in [3.8, 4) is 11.4 Å². The molecule has 0 saturated carbocycles. The second-order valence-corrected chi connectivity index (χ2v) is 7.69. The third-order valence-corrected chi connectivity index (χ3v) is 5.19. The molecule has 2 heterocycles. The summed E-state index contributed by atoms with van der Waals surface area (Å²) in [5.41, 5.74) is 3.35. The van der Waals surface area contributed by atoms with E-state index in [0.717, 1.165) is 30.0 Å². The van der Waals surface area contributed by atoms with Gasteiger partial charge in [0.05, 0.1) is 11.8 Å². The summed E-state index contributed by atoms with van der Waals surface area (Å²) in [5.74, 6) is 0.893. The Bertz CT molecular complexity index is 897. The topological polar surface area (TPSA) is 76.9 Å². The molecule has 0 aliphatic carbocycles. The second kappa shape index (κ2) is 9.15. The minimum Gasteiger partial charge on any atom is -0.491 e. The zero-order valence-corrected chi connectivity index (χ0v) is 17.0. The number of aromatic nitrogens is 4. The Morgan fingerprint density at radius 3 is 2.83 bits per heavy atom. The van der Waals surface area contributed by atoms with Gasteiger partial charge in [-0.25, -0.2) is 4.68 Å². The summed E-state index contributed by atoms with van der Waals surface area (Å²) in [7, 11) is 0. The molecule has 1 aliphatic rings. The van der Waals surface area contributed by atoms with Crippen molar-refractivity contribution >= 4 is 0 Å². The number of nitrogens with one attached hydrogen (secondary N) is 2.